The number of nitrogens with zero attached hydrogens (tertiary/aromatic N) is 1. The minimum Gasteiger partial charge on any atom is -0.326 e. The highest BCUT2D eigenvalue weighted by Gasteiger charge is 2.28. The van der Waals surface area contributed by atoms with E-state index in [0.29, 0.717) is 17.5 Å². The van der Waals surface area contributed by atoms with Crippen LogP contribution in [0, 0.1) is 18.7 Å². The van der Waals surface area contributed by atoms with Crippen molar-refractivity contribution in [2.24, 2.45) is 11.7 Å². The van der Waals surface area contributed by atoms with Crippen molar-refractivity contribution >= 4 is 0 Å². The smallest absolute Gasteiger partial charge is 0.126 e. The van der Waals surface area contributed by atoms with Crippen LogP contribution in [0.2, 0.25) is 0 Å². The van der Waals surface area contributed by atoms with Crippen LogP contribution in [0.1, 0.15) is 31.4 Å². The summed E-state index contributed by atoms with van der Waals surface area (Å²) in [4.78, 5) is 2.34. The van der Waals surface area contributed by atoms with Crippen LogP contribution in [0.5, 0.6) is 0 Å². The topological polar surface area (TPSA) is 29.3 Å². The van der Waals surface area contributed by atoms with E-state index in [1.165, 1.54) is 11.6 Å². The van der Waals surface area contributed by atoms with Gasteiger partial charge in [0.15, 0.2) is 0 Å². The molecule has 1 heterocycles. The van der Waals surface area contributed by atoms with Crippen LogP contribution in [0.4, 0.5) is 4.39 Å². The summed E-state index contributed by atoms with van der Waals surface area (Å²) in [7, 11) is 2.14. The lowest BCUT2D eigenvalue weighted by Crippen LogP contribution is -2.39. The summed E-state index contributed by atoms with van der Waals surface area (Å²) in [6.45, 7) is 16.7. The maximum Gasteiger partial charge on any atom is 0.126 e. The summed E-state index contributed by atoms with van der Waals surface area (Å²) in [6, 6.07) is 14.3. The molecule has 1 aliphatic rings. The van der Waals surface area contributed by atoms with Crippen molar-refractivity contribution in [3.8, 4) is 11.1 Å². The number of halogens is 1. The Morgan fingerprint density at radius 1 is 1.21 bits per heavy atom. The third-order valence-corrected chi connectivity index (χ3v) is 5.30. The van der Waals surface area contributed by atoms with E-state index in [1.807, 2.05) is 25.1 Å². The summed E-state index contributed by atoms with van der Waals surface area (Å²) >= 11 is 0. The Hall–Kier alpha value is -2.23. The molecule has 0 saturated carbocycles. The van der Waals surface area contributed by atoms with Crippen molar-refractivity contribution in [1.29, 1.82) is 0 Å². The fourth-order valence-electron chi connectivity index (χ4n) is 3.37. The highest BCUT2D eigenvalue weighted by molar-refractivity contribution is 5.67. The van der Waals surface area contributed by atoms with Crippen LogP contribution in [0.25, 0.3) is 11.1 Å². The highest BCUT2D eigenvalue weighted by atomic mass is 19.1. The van der Waals surface area contributed by atoms with Gasteiger partial charge >= 0.3 is 0 Å². The first kappa shape index (κ1) is 24.8. The number of benzene rings is 2. The van der Waals surface area contributed by atoms with E-state index >= 15 is 0 Å². The van der Waals surface area contributed by atoms with Crippen molar-refractivity contribution in [1.82, 2.24) is 4.90 Å². The second-order valence-electron chi connectivity index (χ2n) is 7.80. The number of nitrogens with two attached hydrogens (primary N) is 1. The standard InChI is InChI=1S/C19H23FN2.C5H10.C2H4/c1-13-16(7-4-8-17(13)20)15-6-3-5-14(11-15)12-19-18(21)9-10-22(19)2;1-4-5(2)3;1-2/h3-8,11,18-19H,9-10,12,21H2,1-2H3;4-5H,1H2,2-3H3;1-2H2. The number of allylic oxidation sites excluding steroid dienone is 1. The van der Waals surface area contributed by atoms with E-state index in [2.05, 4.69) is 63.7 Å². The fourth-order valence-corrected chi connectivity index (χ4v) is 3.37. The van der Waals surface area contributed by atoms with Crippen molar-refractivity contribution < 1.29 is 4.39 Å². The zero-order valence-electron chi connectivity index (χ0n) is 18.5. The van der Waals surface area contributed by atoms with Gasteiger partial charge in [-0.3, -0.25) is 0 Å². The molecule has 2 aromatic carbocycles. The normalized spacial score (nSPS) is 18.4. The summed E-state index contributed by atoms with van der Waals surface area (Å²) in [6.07, 6.45) is 3.92. The lowest BCUT2D eigenvalue weighted by molar-refractivity contribution is 0.296. The molecule has 29 heavy (non-hydrogen) atoms. The molecule has 3 rings (SSSR count). The first-order valence-corrected chi connectivity index (χ1v) is 10.3. The van der Waals surface area contributed by atoms with Gasteiger partial charge in [0.2, 0.25) is 0 Å². The Bertz CT molecular complexity index is 759. The van der Waals surface area contributed by atoms with Crippen LogP contribution in [-0.4, -0.2) is 30.6 Å². The van der Waals surface area contributed by atoms with Gasteiger partial charge < -0.3 is 10.6 Å². The number of hydrogen-bond donors (Lipinski definition) is 1. The maximum absolute atomic E-state index is 13.8. The minimum atomic E-state index is -0.152. The molecule has 0 amide bonds. The molecular formula is C26H37FN2. The molecule has 158 valence electrons. The average molecular weight is 397 g/mol. The Labute approximate surface area is 176 Å². The number of likely N-dealkylation sites (tertiary alicyclic amines) is 1. The van der Waals surface area contributed by atoms with Gasteiger partial charge in [-0.2, -0.15) is 0 Å². The molecule has 0 aliphatic carbocycles. The van der Waals surface area contributed by atoms with Gasteiger partial charge in [-0.25, -0.2) is 4.39 Å². The summed E-state index contributed by atoms with van der Waals surface area (Å²) in [5.74, 6) is 0.496. The van der Waals surface area contributed by atoms with Gasteiger partial charge in [-0.1, -0.05) is 56.3 Å². The van der Waals surface area contributed by atoms with Gasteiger partial charge in [0, 0.05) is 12.1 Å². The van der Waals surface area contributed by atoms with Crippen molar-refractivity contribution in [2.45, 2.75) is 45.7 Å². The molecule has 0 aromatic heterocycles. The predicted octanol–water partition coefficient (Wildman–Crippen LogP) is 6.01. The van der Waals surface area contributed by atoms with E-state index in [9.17, 15) is 4.39 Å². The Kier molecular flexibility index (Phi) is 10.6. The van der Waals surface area contributed by atoms with Gasteiger partial charge in [0.05, 0.1) is 0 Å². The molecule has 0 radical (unpaired) electrons. The Balaban J connectivity index is 0.000000527. The quantitative estimate of drug-likeness (QED) is 0.642. The molecule has 2 unspecified atom stereocenters. The number of likely N-dealkylation sites (N-methyl/N-ethyl adjacent to an activating group) is 1. The van der Waals surface area contributed by atoms with Gasteiger partial charge in [0.25, 0.3) is 0 Å². The third kappa shape index (κ3) is 7.26. The van der Waals surface area contributed by atoms with Crippen LogP contribution < -0.4 is 5.73 Å². The average Bonchev–Trinajstić information content (AvgIpc) is 3.04. The largest absolute Gasteiger partial charge is 0.326 e. The number of rotatable bonds is 4. The first-order valence-electron chi connectivity index (χ1n) is 10.3. The second kappa shape index (κ2) is 12.4. The summed E-state index contributed by atoms with van der Waals surface area (Å²) in [5.41, 5.74) is 10.2. The lowest BCUT2D eigenvalue weighted by Gasteiger charge is -2.23. The molecule has 1 aliphatic heterocycles. The number of hydrogen-bond acceptors (Lipinski definition) is 2. The van der Waals surface area contributed by atoms with E-state index in [0.717, 1.165) is 30.5 Å². The fraction of sp³-hybridized carbons (Fsp3) is 0.385. The van der Waals surface area contributed by atoms with Crippen molar-refractivity contribution in [3.63, 3.8) is 0 Å². The molecule has 0 spiro atoms. The van der Waals surface area contributed by atoms with Gasteiger partial charge in [-0.15, -0.1) is 19.7 Å². The molecule has 2 N–H and O–H groups in total. The molecule has 1 saturated heterocycles. The van der Waals surface area contributed by atoms with E-state index in [1.54, 1.807) is 6.07 Å². The predicted molar refractivity (Wildman–Crippen MR) is 126 cm³/mol. The van der Waals surface area contributed by atoms with Crippen molar-refractivity contribution in [3.05, 3.63) is 85.2 Å². The molecular weight excluding hydrogens is 359 g/mol. The van der Waals surface area contributed by atoms with E-state index in [-0.39, 0.29) is 11.9 Å². The van der Waals surface area contributed by atoms with E-state index in [4.69, 9.17) is 5.73 Å². The molecule has 2 atom stereocenters. The van der Waals surface area contributed by atoms with Gasteiger partial charge in [0.1, 0.15) is 5.82 Å². The maximum atomic E-state index is 13.8. The van der Waals surface area contributed by atoms with Crippen LogP contribution in [-0.2, 0) is 6.42 Å². The minimum absolute atomic E-state index is 0.152. The zero-order chi connectivity index (χ0) is 22.0. The molecule has 3 heteroatoms. The van der Waals surface area contributed by atoms with Crippen LogP contribution in [0.3, 0.4) is 0 Å². The monoisotopic (exact) mass is 396 g/mol. The summed E-state index contributed by atoms with van der Waals surface area (Å²) in [5, 5.41) is 0. The van der Waals surface area contributed by atoms with Crippen molar-refractivity contribution in [2.75, 3.05) is 13.6 Å². The van der Waals surface area contributed by atoms with Crippen LogP contribution >= 0.6 is 0 Å². The lowest BCUT2D eigenvalue weighted by atomic mass is 9.95. The zero-order valence-corrected chi connectivity index (χ0v) is 18.5. The Morgan fingerprint density at radius 2 is 1.83 bits per heavy atom. The van der Waals surface area contributed by atoms with Gasteiger partial charge in [-0.05, 0) is 67.6 Å². The second-order valence-corrected chi connectivity index (χ2v) is 7.80. The molecule has 0 bridgehead atoms. The third-order valence-electron chi connectivity index (χ3n) is 5.30. The highest BCUT2D eigenvalue weighted by Crippen LogP contribution is 2.27. The molecule has 2 aromatic rings. The van der Waals surface area contributed by atoms with Crippen LogP contribution in [0.15, 0.2) is 68.3 Å². The molecule has 1 fully saturated rings. The first-order chi connectivity index (χ1) is 13.8. The SMILES string of the molecule is C=C.C=CC(C)C.Cc1c(F)cccc1-c1cccc(CC2C(N)CCN2C)c1. The molecule has 2 nitrogen and oxygen atoms in total. The Morgan fingerprint density at radius 3 is 2.38 bits per heavy atom. The summed E-state index contributed by atoms with van der Waals surface area (Å²) < 4.78 is 13.8. The van der Waals surface area contributed by atoms with E-state index < -0.39 is 0 Å².